The number of nitrogens with one attached hydrogen (secondary N) is 1. The summed E-state index contributed by atoms with van der Waals surface area (Å²) in [6, 6.07) is 0. The largest absolute Gasteiger partial charge is 0.423 e. The molecule has 1 unspecified atom stereocenters. The van der Waals surface area contributed by atoms with Gasteiger partial charge in [-0.25, -0.2) is 0 Å². The first-order valence-electron chi connectivity index (χ1n) is 8.26. The van der Waals surface area contributed by atoms with Crippen LogP contribution in [-0.2, 0) is 16.8 Å². The number of hydrogen-bond donors (Lipinski definition) is 2. The second-order valence-corrected chi connectivity index (χ2v) is 7.40. The SMILES string of the molecule is CC(O)CNC(=O)C1CCN(Cc2nnc(C(C)(C)C)o2)CC1. The van der Waals surface area contributed by atoms with E-state index in [0.717, 1.165) is 25.9 Å². The van der Waals surface area contributed by atoms with Crippen LogP contribution in [0.15, 0.2) is 4.42 Å². The summed E-state index contributed by atoms with van der Waals surface area (Å²) in [6.45, 7) is 10.4. The van der Waals surface area contributed by atoms with Crippen LogP contribution in [0.3, 0.4) is 0 Å². The van der Waals surface area contributed by atoms with E-state index in [2.05, 4.69) is 20.4 Å². The second kappa shape index (κ2) is 7.40. The van der Waals surface area contributed by atoms with E-state index in [4.69, 9.17) is 4.42 Å². The normalized spacial score (nSPS) is 18.8. The van der Waals surface area contributed by atoms with Gasteiger partial charge in [0.05, 0.1) is 12.6 Å². The van der Waals surface area contributed by atoms with Crippen molar-refractivity contribution < 1.29 is 14.3 Å². The third-order valence-corrected chi connectivity index (χ3v) is 4.00. The van der Waals surface area contributed by atoms with Crippen LogP contribution in [0.5, 0.6) is 0 Å². The fraction of sp³-hybridized carbons (Fsp3) is 0.812. The molecule has 1 saturated heterocycles. The molecule has 1 amide bonds. The smallest absolute Gasteiger partial charge is 0.230 e. The Hall–Kier alpha value is -1.47. The van der Waals surface area contributed by atoms with Gasteiger partial charge in [0, 0.05) is 17.9 Å². The third kappa shape index (κ3) is 5.28. The zero-order valence-corrected chi connectivity index (χ0v) is 14.5. The molecule has 2 rings (SSSR count). The summed E-state index contributed by atoms with van der Waals surface area (Å²) in [6.07, 6.45) is 1.12. The Balaban J connectivity index is 1.78. The van der Waals surface area contributed by atoms with Crippen molar-refractivity contribution in [3.8, 4) is 0 Å². The zero-order valence-electron chi connectivity index (χ0n) is 14.5. The van der Waals surface area contributed by atoms with E-state index in [1.807, 2.05) is 20.8 Å². The Morgan fingerprint density at radius 2 is 2.04 bits per heavy atom. The third-order valence-electron chi connectivity index (χ3n) is 4.00. The van der Waals surface area contributed by atoms with Crippen LogP contribution in [0.2, 0.25) is 0 Å². The number of carbonyl (C=O) groups excluding carboxylic acids is 1. The van der Waals surface area contributed by atoms with Crippen molar-refractivity contribution in [3.63, 3.8) is 0 Å². The Morgan fingerprint density at radius 1 is 1.39 bits per heavy atom. The van der Waals surface area contributed by atoms with Gasteiger partial charge < -0.3 is 14.8 Å². The molecule has 7 nitrogen and oxygen atoms in total. The lowest BCUT2D eigenvalue weighted by Gasteiger charge is -2.30. The average Bonchev–Trinajstić information content (AvgIpc) is 2.94. The monoisotopic (exact) mass is 324 g/mol. The van der Waals surface area contributed by atoms with Gasteiger partial charge in [0.25, 0.3) is 0 Å². The number of aliphatic hydroxyl groups is 1. The first-order chi connectivity index (χ1) is 10.8. The highest BCUT2D eigenvalue weighted by atomic mass is 16.4. The molecule has 0 bridgehead atoms. The predicted molar refractivity (Wildman–Crippen MR) is 85.7 cm³/mol. The van der Waals surface area contributed by atoms with Gasteiger partial charge in [-0.15, -0.1) is 10.2 Å². The first kappa shape index (κ1) is 17.9. The second-order valence-electron chi connectivity index (χ2n) is 7.40. The van der Waals surface area contributed by atoms with E-state index >= 15 is 0 Å². The lowest BCUT2D eigenvalue weighted by molar-refractivity contribution is -0.126. The molecule has 0 aliphatic carbocycles. The van der Waals surface area contributed by atoms with Crippen molar-refractivity contribution in [1.29, 1.82) is 0 Å². The van der Waals surface area contributed by atoms with Crippen LogP contribution in [0.4, 0.5) is 0 Å². The number of carbonyl (C=O) groups is 1. The molecule has 2 heterocycles. The summed E-state index contributed by atoms with van der Waals surface area (Å²) in [5.41, 5.74) is -0.139. The van der Waals surface area contributed by atoms with Gasteiger partial charge in [-0.05, 0) is 32.9 Å². The van der Waals surface area contributed by atoms with Gasteiger partial charge in [-0.1, -0.05) is 20.8 Å². The minimum atomic E-state index is -0.506. The topological polar surface area (TPSA) is 91.5 Å². The van der Waals surface area contributed by atoms with Gasteiger partial charge >= 0.3 is 0 Å². The molecular weight excluding hydrogens is 296 g/mol. The fourth-order valence-electron chi connectivity index (χ4n) is 2.56. The van der Waals surface area contributed by atoms with Crippen molar-refractivity contribution >= 4 is 5.91 Å². The maximum Gasteiger partial charge on any atom is 0.230 e. The first-order valence-corrected chi connectivity index (χ1v) is 8.26. The van der Waals surface area contributed by atoms with Gasteiger partial charge in [0.2, 0.25) is 17.7 Å². The molecule has 7 heteroatoms. The maximum atomic E-state index is 12.0. The number of amides is 1. The number of piperidine rings is 1. The van der Waals surface area contributed by atoms with E-state index in [9.17, 15) is 9.90 Å². The number of rotatable bonds is 5. The standard InChI is InChI=1S/C16H28N4O3/c1-11(21)9-17-14(22)12-5-7-20(8-6-12)10-13-18-19-15(23-13)16(2,3)4/h11-12,21H,5-10H2,1-4H3,(H,17,22). The molecule has 2 N–H and O–H groups in total. The molecule has 0 spiro atoms. The lowest BCUT2D eigenvalue weighted by atomic mass is 9.96. The molecular formula is C16H28N4O3. The molecule has 0 radical (unpaired) electrons. The van der Waals surface area contributed by atoms with Gasteiger partial charge in [0.1, 0.15) is 0 Å². The summed E-state index contributed by atoms with van der Waals surface area (Å²) >= 11 is 0. The Morgan fingerprint density at radius 3 is 2.57 bits per heavy atom. The maximum absolute atomic E-state index is 12.0. The van der Waals surface area contributed by atoms with Crippen molar-refractivity contribution in [2.75, 3.05) is 19.6 Å². The molecule has 130 valence electrons. The molecule has 1 atom stereocenters. The van der Waals surface area contributed by atoms with E-state index in [0.29, 0.717) is 24.9 Å². The number of likely N-dealkylation sites (tertiary alicyclic amines) is 1. The lowest BCUT2D eigenvalue weighted by Crippen LogP contribution is -2.41. The van der Waals surface area contributed by atoms with Crippen LogP contribution in [0, 0.1) is 5.92 Å². The van der Waals surface area contributed by atoms with E-state index in [1.165, 1.54) is 0 Å². The van der Waals surface area contributed by atoms with Crippen molar-refractivity contribution in [3.05, 3.63) is 11.8 Å². The molecule has 0 saturated carbocycles. The summed E-state index contributed by atoms with van der Waals surface area (Å²) in [7, 11) is 0. The minimum absolute atomic E-state index is 0.0258. The van der Waals surface area contributed by atoms with Crippen LogP contribution in [0.25, 0.3) is 0 Å². The number of nitrogens with zero attached hydrogens (tertiary/aromatic N) is 3. The van der Waals surface area contributed by atoms with Crippen LogP contribution < -0.4 is 5.32 Å². The summed E-state index contributed by atoms with van der Waals surface area (Å²) in [5.74, 6) is 1.35. The van der Waals surface area contributed by atoms with Gasteiger partial charge in [-0.3, -0.25) is 9.69 Å². The van der Waals surface area contributed by atoms with Crippen LogP contribution in [-0.4, -0.2) is 51.8 Å². The highest BCUT2D eigenvalue weighted by molar-refractivity contribution is 5.78. The van der Waals surface area contributed by atoms with Crippen molar-refractivity contribution in [2.45, 2.75) is 58.6 Å². The molecule has 1 aromatic heterocycles. The zero-order chi connectivity index (χ0) is 17.0. The Labute approximate surface area is 137 Å². The summed E-state index contributed by atoms with van der Waals surface area (Å²) in [4.78, 5) is 14.2. The highest BCUT2D eigenvalue weighted by Crippen LogP contribution is 2.22. The van der Waals surface area contributed by atoms with Gasteiger partial charge in [-0.2, -0.15) is 0 Å². The number of aromatic nitrogens is 2. The number of hydrogen-bond acceptors (Lipinski definition) is 6. The van der Waals surface area contributed by atoms with Crippen molar-refractivity contribution in [1.82, 2.24) is 20.4 Å². The summed E-state index contributed by atoms with van der Waals surface area (Å²) < 4.78 is 5.72. The molecule has 1 fully saturated rings. The Kier molecular flexibility index (Phi) is 5.75. The summed E-state index contributed by atoms with van der Waals surface area (Å²) in [5, 5.41) is 20.2. The van der Waals surface area contributed by atoms with Crippen LogP contribution >= 0.6 is 0 Å². The minimum Gasteiger partial charge on any atom is -0.423 e. The van der Waals surface area contributed by atoms with Gasteiger partial charge in [0.15, 0.2) is 0 Å². The average molecular weight is 324 g/mol. The highest BCUT2D eigenvalue weighted by Gasteiger charge is 2.27. The molecule has 1 aromatic rings. The molecule has 0 aromatic carbocycles. The van der Waals surface area contributed by atoms with E-state index in [-0.39, 0.29) is 17.2 Å². The quantitative estimate of drug-likeness (QED) is 0.842. The Bertz CT molecular complexity index is 514. The van der Waals surface area contributed by atoms with Crippen molar-refractivity contribution in [2.24, 2.45) is 5.92 Å². The number of aliphatic hydroxyl groups excluding tert-OH is 1. The fourth-order valence-corrected chi connectivity index (χ4v) is 2.56. The molecule has 1 aliphatic heterocycles. The molecule has 23 heavy (non-hydrogen) atoms. The predicted octanol–water partition coefficient (Wildman–Crippen LogP) is 1.08. The van der Waals surface area contributed by atoms with E-state index in [1.54, 1.807) is 6.92 Å². The van der Waals surface area contributed by atoms with Crippen LogP contribution in [0.1, 0.15) is 52.3 Å². The van der Waals surface area contributed by atoms with E-state index < -0.39 is 6.10 Å². The molecule has 1 aliphatic rings.